The molecule has 1 aromatic heterocycles. The third-order valence-electron chi connectivity index (χ3n) is 4.21. The number of carbonyl (C=O) groups excluding carboxylic acids is 3. The van der Waals surface area contributed by atoms with Crippen molar-refractivity contribution < 1.29 is 23.9 Å². The smallest absolute Gasteiger partial charge is 0.353 e. The fraction of sp³-hybridized carbons (Fsp3) is 0.0909. The molecule has 2 N–H and O–H groups in total. The molecule has 0 atom stereocenters. The fourth-order valence-corrected chi connectivity index (χ4v) is 3.31. The monoisotopic (exact) mass is 471 g/mol. The summed E-state index contributed by atoms with van der Waals surface area (Å²) in [6.45, 7) is 1.72. The minimum atomic E-state index is -0.950. The van der Waals surface area contributed by atoms with Gasteiger partial charge in [0, 0.05) is 10.7 Å². The van der Waals surface area contributed by atoms with Crippen molar-refractivity contribution in [2.75, 3.05) is 12.4 Å². The fourth-order valence-electron chi connectivity index (χ4n) is 2.53. The highest BCUT2D eigenvalue weighted by molar-refractivity contribution is 7.12. The quantitative estimate of drug-likeness (QED) is 0.186. The van der Waals surface area contributed by atoms with Gasteiger partial charge in [0.1, 0.15) is 4.88 Å². The van der Waals surface area contributed by atoms with Crippen LogP contribution in [0.15, 0.2) is 59.0 Å². The van der Waals surface area contributed by atoms with Crippen molar-refractivity contribution in [3.8, 4) is 11.5 Å². The summed E-state index contributed by atoms with van der Waals surface area (Å²) in [5.74, 6) is -1.79. The number of anilines is 1. The topological polar surface area (TPSA) is 106 Å². The first kappa shape index (κ1) is 23.0. The van der Waals surface area contributed by atoms with Crippen molar-refractivity contribution >= 4 is 52.6 Å². The number of thiophene rings is 1. The SMILES string of the molecule is COc1cc(C=NNC(=O)C(=O)Nc2cccc(Cl)c2C)ccc1OC(=O)c1cccs1. The Morgan fingerprint density at radius 2 is 1.88 bits per heavy atom. The van der Waals surface area contributed by atoms with E-state index in [2.05, 4.69) is 15.8 Å². The first-order valence-electron chi connectivity index (χ1n) is 9.22. The number of amides is 2. The second-order valence-corrected chi connectivity index (χ2v) is 7.70. The van der Waals surface area contributed by atoms with Crippen LogP contribution in [-0.4, -0.2) is 31.1 Å². The molecule has 3 rings (SSSR count). The van der Waals surface area contributed by atoms with E-state index in [0.717, 1.165) is 0 Å². The van der Waals surface area contributed by atoms with E-state index >= 15 is 0 Å². The Morgan fingerprint density at radius 3 is 2.59 bits per heavy atom. The van der Waals surface area contributed by atoms with Crippen molar-refractivity contribution in [1.29, 1.82) is 0 Å². The van der Waals surface area contributed by atoms with Crippen LogP contribution in [0.3, 0.4) is 0 Å². The third kappa shape index (κ3) is 5.71. The number of hydrazone groups is 1. The molecule has 0 aliphatic rings. The molecule has 0 bridgehead atoms. The lowest BCUT2D eigenvalue weighted by Gasteiger charge is -2.09. The molecular weight excluding hydrogens is 454 g/mol. The molecule has 0 unspecified atom stereocenters. The Hall–Kier alpha value is -3.69. The maximum atomic E-state index is 12.1. The summed E-state index contributed by atoms with van der Waals surface area (Å²) < 4.78 is 10.6. The van der Waals surface area contributed by atoms with Gasteiger partial charge in [0.25, 0.3) is 0 Å². The summed E-state index contributed by atoms with van der Waals surface area (Å²) in [4.78, 5) is 36.6. The number of rotatable bonds is 6. The lowest BCUT2D eigenvalue weighted by Crippen LogP contribution is -2.32. The molecule has 0 saturated carbocycles. The summed E-state index contributed by atoms with van der Waals surface area (Å²) in [5, 5.41) is 8.50. The molecule has 32 heavy (non-hydrogen) atoms. The zero-order valence-corrected chi connectivity index (χ0v) is 18.6. The normalized spacial score (nSPS) is 10.6. The van der Waals surface area contributed by atoms with Gasteiger partial charge >= 0.3 is 17.8 Å². The molecule has 0 fully saturated rings. The molecule has 8 nitrogen and oxygen atoms in total. The Bertz CT molecular complexity index is 1180. The summed E-state index contributed by atoms with van der Waals surface area (Å²) in [6, 6.07) is 13.1. The van der Waals surface area contributed by atoms with E-state index in [0.29, 0.717) is 32.5 Å². The maximum Gasteiger partial charge on any atom is 0.353 e. The number of esters is 1. The van der Waals surface area contributed by atoms with Crippen molar-refractivity contribution in [3.05, 3.63) is 74.9 Å². The van der Waals surface area contributed by atoms with E-state index in [-0.39, 0.29) is 5.75 Å². The van der Waals surface area contributed by atoms with Crippen molar-refractivity contribution in [2.24, 2.45) is 5.10 Å². The van der Waals surface area contributed by atoms with Gasteiger partial charge in [0.2, 0.25) is 0 Å². The minimum Gasteiger partial charge on any atom is -0.493 e. The Kier molecular flexibility index (Phi) is 7.58. The number of ether oxygens (including phenoxy) is 2. The molecule has 1 heterocycles. The van der Waals surface area contributed by atoms with Gasteiger partial charge in [-0.1, -0.05) is 23.7 Å². The van der Waals surface area contributed by atoms with Crippen molar-refractivity contribution in [1.82, 2.24) is 5.43 Å². The van der Waals surface area contributed by atoms with Crippen LogP contribution in [-0.2, 0) is 9.59 Å². The van der Waals surface area contributed by atoms with Gasteiger partial charge in [-0.2, -0.15) is 5.10 Å². The minimum absolute atomic E-state index is 0.239. The first-order valence-corrected chi connectivity index (χ1v) is 10.5. The van der Waals surface area contributed by atoms with Crippen LogP contribution < -0.4 is 20.2 Å². The standard InChI is InChI=1S/C22H18ClN3O5S/c1-13-15(23)5-3-6-16(13)25-20(27)21(28)26-24-12-14-8-9-17(18(11-14)30-2)31-22(29)19-7-4-10-32-19/h3-12H,1-2H3,(H,25,27)(H,26,28). The second-order valence-electron chi connectivity index (χ2n) is 6.34. The van der Waals surface area contributed by atoms with Gasteiger partial charge in [-0.3, -0.25) is 9.59 Å². The molecule has 0 aliphatic carbocycles. The molecule has 2 amide bonds. The van der Waals surface area contributed by atoms with E-state index in [1.807, 2.05) is 0 Å². The molecule has 0 saturated heterocycles. The molecule has 2 aromatic carbocycles. The number of hydrogen-bond acceptors (Lipinski definition) is 7. The van der Waals surface area contributed by atoms with Crippen LogP contribution in [0.4, 0.5) is 5.69 Å². The molecule has 10 heteroatoms. The van der Waals surface area contributed by atoms with E-state index in [1.165, 1.54) is 24.7 Å². The Morgan fingerprint density at radius 1 is 1.06 bits per heavy atom. The second kappa shape index (κ2) is 10.6. The largest absolute Gasteiger partial charge is 0.493 e. The van der Waals surface area contributed by atoms with Gasteiger partial charge in [-0.25, -0.2) is 10.2 Å². The molecule has 0 radical (unpaired) electrons. The lowest BCUT2D eigenvalue weighted by atomic mass is 10.2. The number of nitrogens with one attached hydrogen (secondary N) is 2. The van der Waals surface area contributed by atoms with Crippen LogP contribution in [0.5, 0.6) is 11.5 Å². The molecule has 3 aromatic rings. The zero-order valence-electron chi connectivity index (χ0n) is 17.0. The predicted molar refractivity (Wildman–Crippen MR) is 123 cm³/mol. The van der Waals surface area contributed by atoms with Crippen LogP contribution in [0.2, 0.25) is 5.02 Å². The summed E-state index contributed by atoms with van der Waals surface area (Å²) in [5.41, 5.74) is 3.77. The van der Waals surface area contributed by atoms with Crippen LogP contribution >= 0.6 is 22.9 Å². The van der Waals surface area contributed by atoms with Crippen LogP contribution in [0, 0.1) is 6.92 Å². The number of carbonyl (C=O) groups is 3. The van der Waals surface area contributed by atoms with E-state index in [4.69, 9.17) is 21.1 Å². The molecule has 0 spiro atoms. The van der Waals surface area contributed by atoms with Crippen molar-refractivity contribution in [2.45, 2.75) is 6.92 Å². The number of methoxy groups -OCH3 is 1. The van der Waals surface area contributed by atoms with Crippen molar-refractivity contribution in [3.63, 3.8) is 0 Å². The molecular formula is C22H18ClN3O5S. The average Bonchev–Trinajstić information content (AvgIpc) is 3.33. The Balaban J connectivity index is 1.60. The number of hydrogen-bond donors (Lipinski definition) is 2. The van der Waals surface area contributed by atoms with Gasteiger partial charge in [0.15, 0.2) is 11.5 Å². The highest BCUT2D eigenvalue weighted by Gasteiger charge is 2.15. The zero-order chi connectivity index (χ0) is 23.1. The number of halogens is 1. The van der Waals surface area contributed by atoms with Gasteiger partial charge < -0.3 is 14.8 Å². The van der Waals surface area contributed by atoms with E-state index in [9.17, 15) is 14.4 Å². The summed E-state index contributed by atoms with van der Waals surface area (Å²) >= 11 is 7.27. The summed E-state index contributed by atoms with van der Waals surface area (Å²) in [7, 11) is 1.43. The van der Waals surface area contributed by atoms with Crippen LogP contribution in [0.25, 0.3) is 0 Å². The predicted octanol–water partition coefficient (Wildman–Crippen LogP) is 4.03. The van der Waals surface area contributed by atoms with E-state index < -0.39 is 17.8 Å². The maximum absolute atomic E-state index is 12.1. The first-order chi connectivity index (χ1) is 15.4. The van der Waals surface area contributed by atoms with Crippen LogP contribution in [0.1, 0.15) is 20.8 Å². The van der Waals surface area contributed by atoms with E-state index in [1.54, 1.807) is 60.8 Å². The van der Waals surface area contributed by atoms with Gasteiger partial charge in [-0.05, 0) is 59.8 Å². The van der Waals surface area contributed by atoms with Gasteiger partial charge in [-0.15, -0.1) is 11.3 Å². The number of benzene rings is 2. The third-order valence-corrected chi connectivity index (χ3v) is 5.47. The Labute approximate surface area is 192 Å². The average molecular weight is 472 g/mol. The highest BCUT2D eigenvalue weighted by atomic mass is 35.5. The molecule has 164 valence electrons. The summed E-state index contributed by atoms with van der Waals surface area (Å²) in [6.07, 6.45) is 1.32. The van der Waals surface area contributed by atoms with Gasteiger partial charge in [0.05, 0.1) is 13.3 Å². The number of nitrogens with zero attached hydrogens (tertiary/aromatic N) is 1. The highest BCUT2D eigenvalue weighted by Crippen LogP contribution is 2.29. The lowest BCUT2D eigenvalue weighted by molar-refractivity contribution is -0.136. The molecule has 0 aliphatic heterocycles.